The van der Waals surface area contributed by atoms with Crippen LogP contribution in [0.5, 0.6) is 0 Å². The van der Waals surface area contributed by atoms with E-state index in [4.69, 9.17) is 11.5 Å². The molecule has 0 unspecified atom stereocenters. The van der Waals surface area contributed by atoms with E-state index in [1.54, 1.807) is 0 Å². The van der Waals surface area contributed by atoms with E-state index in [0.29, 0.717) is 0 Å². The summed E-state index contributed by atoms with van der Waals surface area (Å²) in [6.07, 6.45) is 4.94. The van der Waals surface area contributed by atoms with Gasteiger partial charge in [-0.1, -0.05) is 48.5 Å². The lowest BCUT2D eigenvalue weighted by Gasteiger charge is -2.06. The first-order chi connectivity index (χ1) is 17.2. The van der Waals surface area contributed by atoms with Gasteiger partial charge in [-0.05, 0) is 29.7 Å². The van der Waals surface area contributed by atoms with Gasteiger partial charge in [0.05, 0.1) is 22.1 Å². The molecule has 4 aromatic carbocycles. The van der Waals surface area contributed by atoms with Crippen molar-refractivity contribution in [3.63, 3.8) is 0 Å². The van der Waals surface area contributed by atoms with E-state index in [1.807, 2.05) is 48.8 Å². The van der Waals surface area contributed by atoms with Gasteiger partial charge in [-0.3, -0.25) is 0 Å². The fourth-order valence-corrected chi connectivity index (χ4v) is 4.74. The number of para-hydroxylation sites is 2. The van der Waals surface area contributed by atoms with Gasteiger partial charge in [-0.2, -0.15) is 9.13 Å². The number of pyridine rings is 2. The molecular weight excluding hydrogens is 428 g/mol. The van der Waals surface area contributed by atoms with Crippen LogP contribution in [0.15, 0.2) is 122 Å². The maximum atomic E-state index is 6.17. The Hall–Kier alpha value is -4.70. The Labute approximate surface area is 204 Å². The molecule has 0 bridgehead atoms. The number of fused-ring (bicyclic) bond motifs is 2. The van der Waals surface area contributed by atoms with Crippen LogP contribution in [0.1, 0.15) is 11.1 Å². The van der Waals surface area contributed by atoms with Gasteiger partial charge < -0.3 is 11.5 Å². The largest absolute Gasteiger partial charge is 0.398 e. The number of nitrogens with two attached hydrogens (primary N) is 2. The maximum Gasteiger partial charge on any atom is 0.220 e. The van der Waals surface area contributed by atoms with E-state index in [2.05, 4.69) is 81.9 Å². The Balaban J connectivity index is 1.25. The fraction of sp³-hybridized carbons (Fsp3) is 0.0323. The number of nitrogen functional groups attached to an aromatic ring is 2. The first kappa shape index (κ1) is 20.9. The second-order valence-electron chi connectivity index (χ2n) is 8.83. The highest BCUT2D eigenvalue weighted by atomic mass is 15.0. The molecule has 0 radical (unpaired) electrons. The van der Waals surface area contributed by atoms with E-state index in [-0.39, 0.29) is 0 Å². The Morgan fingerprint density at radius 1 is 0.457 bits per heavy atom. The third-order valence-electron chi connectivity index (χ3n) is 6.59. The number of anilines is 2. The van der Waals surface area contributed by atoms with Crippen molar-refractivity contribution < 1.29 is 9.13 Å². The van der Waals surface area contributed by atoms with Crippen molar-refractivity contribution in [2.45, 2.75) is 6.42 Å². The van der Waals surface area contributed by atoms with Gasteiger partial charge in [0.25, 0.3) is 0 Å². The molecule has 0 saturated carbocycles. The first-order valence-electron chi connectivity index (χ1n) is 11.7. The van der Waals surface area contributed by atoms with Crippen LogP contribution in [-0.2, 0) is 6.42 Å². The zero-order chi connectivity index (χ0) is 23.8. The minimum Gasteiger partial charge on any atom is -0.398 e. The molecule has 6 rings (SSSR count). The summed E-state index contributed by atoms with van der Waals surface area (Å²) in [7, 11) is 0. The fourth-order valence-electron chi connectivity index (χ4n) is 4.74. The number of benzene rings is 4. The lowest BCUT2D eigenvalue weighted by atomic mass is 10.0. The zero-order valence-corrected chi connectivity index (χ0v) is 19.3. The molecule has 0 fully saturated rings. The SMILES string of the molecule is Nc1cc[n+](-c2ccc(Cc3ccc(-[n+]4ccc(N)c5ccccc54)cc3)cc2)c2ccccc12. The summed E-state index contributed by atoms with van der Waals surface area (Å²) in [6, 6.07) is 37.8. The van der Waals surface area contributed by atoms with Crippen LogP contribution >= 0.6 is 0 Å². The Morgan fingerprint density at radius 3 is 1.29 bits per heavy atom. The summed E-state index contributed by atoms with van der Waals surface area (Å²) in [5, 5.41) is 2.12. The molecule has 0 saturated heterocycles. The van der Waals surface area contributed by atoms with Crippen molar-refractivity contribution in [3.8, 4) is 11.4 Å². The van der Waals surface area contributed by atoms with E-state index < -0.39 is 0 Å². The molecule has 6 aromatic rings. The summed E-state index contributed by atoms with van der Waals surface area (Å²) < 4.78 is 4.36. The van der Waals surface area contributed by atoms with Gasteiger partial charge >= 0.3 is 0 Å². The first-order valence-corrected chi connectivity index (χ1v) is 11.7. The van der Waals surface area contributed by atoms with Crippen molar-refractivity contribution in [3.05, 3.63) is 133 Å². The molecular formula is C31H26N4+2. The molecule has 0 atom stereocenters. The number of aromatic nitrogens is 2. The minimum atomic E-state index is 0.794. The lowest BCUT2D eigenvalue weighted by molar-refractivity contribution is -0.567. The van der Waals surface area contributed by atoms with Crippen molar-refractivity contribution >= 4 is 33.2 Å². The molecule has 0 amide bonds. The van der Waals surface area contributed by atoms with Crippen molar-refractivity contribution in [2.75, 3.05) is 11.5 Å². The van der Waals surface area contributed by atoms with Crippen LogP contribution in [0.4, 0.5) is 11.4 Å². The molecule has 4 N–H and O–H groups in total. The van der Waals surface area contributed by atoms with E-state index in [9.17, 15) is 0 Å². The topological polar surface area (TPSA) is 59.8 Å². The van der Waals surface area contributed by atoms with Crippen LogP contribution in [0, 0.1) is 0 Å². The maximum absolute atomic E-state index is 6.17. The minimum absolute atomic E-state index is 0.794. The van der Waals surface area contributed by atoms with Gasteiger partial charge in [-0.15, -0.1) is 0 Å². The number of rotatable bonds is 4. The number of hydrogen-bond acceptors (Lipinski definition) is 2. The van der Waals surface area contributed by atoms with Crippen LogP contribution in [0.2, 0.25) is 0 Å². The molecule has 168 valence electrons. The number of hydrogen-bond donors (Lipinski definition) is 2. The summed E-state index contributed by atoms with van der Waals surface area (Å²) >= 11 is 0. The van der Waals surface area contributed by atoms with Gasteiger partial charge in [0, 0.05) is 48.5 Å². The van der Waals surface area contributed by atoms with Crippen molar-refractivity contribution in [1.82, 2.24) is 0 Å². The van der Waals surface area contributed by atoms with Gasteiger partial charge in [-0.25, -0.2) is 0 Å². The normalized spacial score (nSPS) is 11.2. The highest BCUT2D eigenvalue weighted by molar-refractivity contribution is 5.88. The molecule has 0 aliphatic heterocycles. The Kier molecular flexibility index (Phi) is 5.12. The van der Waals surface area contributed by atoms with E-state index >= 15 is 0 Å². The van der Waals surface area contributed by atoms with Crippen LogP contribution in [-0.4, -0.2) is 0 Å². The Bertz CT molecular complexity index is 1540. The molecule has 0 aliphatic rings. The van der Waals surface area contributed by atoms with Crippen LogP contribution in [0.25, 0.3) is 33.2 Å². The molecule has 2 heterocycles. The molecule has 4 heteroatoms. The highest BCUT2D eigenvalue weighted by Gasteiger charge is 2.15. The quantitative estimate of drug-likeness (QED) is 0.355. The van der Waals surface area contributed by atoms with Gasteiger partial charge in [0.1, 0.15) is 0 Å². The second kappa shape index (κ2) is 8.58. The Morgan fingerprint density at radius 2 is 0.857 bits per heavy atom. The molecule has 2 aromatic heterocycles. The summed E-state index contributed by atoms with van der Waals surface area (Å²) in [6.45, 7) is 0. The molecule has 0 spiro atoms. The monoisotopic (exact) mass is 454 g/mol. The van der Waals surface area contributed by atoms with E-state index in [0.717, 1.165) is 51.0 Å². The standard InChI is InChI=1S/C31H24N4/c32-28-17-19-34(30-7-3-1-5-26(28)30)24-13-9-22(10-14-24)21-23-11-15-25(16-12-23)35-20-18-29(33)27-6-2-4-8-31(27)35/h1-20,32-33H,21H2/p+2. The van der Waals surface area contributed by atoms with Crippen LogP contribution < -0.4 is 20.6 Å². The second-order valence-corrected chi connectivity index (χ2v) is 8.83. The molecule has 4 nitrogen and oxygen atoms in total. The third-order valence-corrected chi connectivity index (χ3v) is 6.59. The average Bonchev–Trinajstić information content (AvgIpc) is 2.91. The van der Waals surface area contributed by atoms with Gasteiger partial charge in [0.15, 0.2) is 12.4 Å². The average molecular weight is 455 g/mol. The zero-order valence-electron chi connectivity index (χ0n) is 19.3. The molecule has 35 heavy (non-hydrogen) atoms. The number of nitrogens with zero attached hydrogens (tertiary/aromatic N) is 2. The summed E-state index contributed by atoms with van der Waals surface area (Å²) in [5.74, 6) is 0. The lowest BCUT2D eigenvalue weighted by Crippen LogP contribution is -2.31. The summed E-state index contributed by atoms with van der Waals surface area (Å²) in [5.41, 5.74) is 20.9. The predicted octanol–water partition coefficient (Wildman–Crippen LogP) is 5.30. The van der Waals surface area contributed by atoms with Crippen molar-refractivity contribution in [1.29, 1.82) is 0 Å². The molecule has 0 aliphatic carbocycles. The highest BCUT2D eigenvalue weighted by Crippen LogP contribution is 2.20. The van der Waals surface area contributed by atoms with Gasteiger partial charge in [0.2, 0.25) is 22.4 Å². The van der Waals surface area contributed by atoms with Crippen LogP contribution in [0.3, 0.4) is 0 Å². The third kappa shape index (κ3) is 3.85. The van der Waals surface area contributed by atoms with Crippen molar-refractivity contribution in [2.24, 2.45) is 0 Å². The van der Waals surface area contributed by atoms with E-state index in [1.165, 1.54) is 11.1 Å². The smallest absolute Gasteiger partial charge is 0.220 e. The predicted molar refractivity (Wildman–Crippen MR) is 143 cm³/mol. The summed E-state index contributed by atoms with van der Waals surface area (Å²) in [4.78, 5) is 0.